The molecule has 35 heavy (non-hydrogen) atoms. The molecular formula is C27H32N2O6. The standard InChI is InChI=1S/C27H32N2O6/c1-27(2,3)35-25(31)28-13-14-29(18(16-28)15-24(30)33-4)26(32)34-17-23-21-11-7-5-9-19(21)20-10-6-8-12-22(20)23/h5-12,18,23H,13-17H2,1-4H3. The van der Waals surface area contributed by atoms with E-state index in [1.807, 2.05) is 24.3 Å². The second-order valence-electron chi connectivity index (χ2n) is 9.86. The van der Waals surface area contributed by atoms with E-state index in [0.29, 0.717) is 0 Å². The van der Waals surface area contributed by atoms with Gasteiger partial charge < -0.3 is 24.0 Å². The summed E-state index contributed by atoms with van der Waals surface area (Å²) in [5.41, 5.74) is 3.92. The molecule has 186 valence electrons. The van der Waals surface area contributed by atoms with Gasteiger partial charge in [-0.15, -0.1) is 0 Å². The Morgan fingerprint density at radius 3 is 2.09 bits per heavy atom. The summed E-state index contributed by atoms with van der Waals surface area (Å²) in [6.45, 7) is 6.25. The molecule has 0 saturated carbocycles. The molecule has 1 heterocycles. The third-order valence-corrected chi connectivity index (χ3v) is 6.33. The molecule has 8 nitrogen and oxygen atoms in total. The third kappa shape index (κ3) is 5.42. The fourth-order valence-electron chi connectivity index (χ4n) is 4.72. The van der Waals surface area contributed by atoms with Crippen LogP contribution in [0.25, 0.3) is 11.1 Å². The van der Waals surface area contributed by atoms with Crippen molar-refractivity contribution in [2.75, 3.05) is 33.4 Å². The summed E-state index contributed by atoms with van der Waals surface area (Å²) in [7, 11) is 1.30. The van der Waals surface area contributed by atoms with E-state index in [4.69, 9.17) is 14.2 Å². The van der Waals surface area contributed by atoms with Gasteiger partial charge in [-0.2, -0.15) is 0 Å². The lowest BCUT2D eigenvalue weighted by atomic mass is 9.98. The lowest BCUT2D eigenvalue weighted by molar-refractivity contribution is -0.142. The molecule has 0 radical (unpaired) electrons. The molecule has 2 aromatic rings. The number of hydrogen-bond acceptors (Lipinski definition) is 6. The number of carbonyl (C=O) groups is 3. The molecule has 1 aliphatic heterocycles. The number of amides is 2. The zero-order valence-electron chi connectivity index (χ0n) is 20.7. The van der Waals surface area contributed by atoms with Crippen LogP contribution in [0.5, 0.6) is 0 Å². The van der Waals surface area contributed by atoms with Crippen molar-refractivity contribution in [3.05, 3.63) is 59.7 Å². The first-order chi connectivity index (χ1) is 16.7. The Morgan fingerprint density at radius 2 is 1.51 bits per heavy atom. The van der Waals surface area contributed by atoms with Gasteiger partial charge >= 0.3 is 18.2 Å². The lowest BCUT2D eigenvalue weighted by Gasteiger charge is -2.40. The van der Waals surface area contributed by atoms with E-state index in [0.717, 1.165) is 22.3 Å². The van der Waals surface area contributed by atoms with Gasteiger partial charge in [0.1, 0.15) is 12.2 Å². The number of nitrogens with zero attached hydrogens (tertiary/aromatic N) is 2. The second-order valence-corrected chi connectivity index (χ2v) is 9.86. The van der Waals surface area contributed by atoms with Crippen LogP contribution >= 0.6 is 0 Å². The van der Waals surface area contributed by atoms with Gasteiger partial charge in [0.2, 0.25) is 0 Å². The highest BCUT2D eigenvalue weighted by atomic mass is 16.6. The van der Waals surface area contributed by atoms with Gasteiger partial charge in [0.25, 0.3) is 0 Å². The maximum absolute atomic E-state index is 13.2. The molecule has 1 unspecified atom stereocenters. The van der Waals surface area contributed by atoms with Crippen LogP contribution in [0.3, 0.4) is 0 Å². The zero-order valence-corrected chi connectivity index (χ0v) is 20.7. The summed E-state index contributed by atoms with van der Waals surface area (Å²) in [4.78, 5) is 40.9. The fourth-order valence-corrected chi connectivity index (χ4v) is 4.72. The van der Waals surface area contributed by atoms with E-state index in [1.165, 1.54) is 16.9 Å². The predicted molar refractivity (Wildman–Crippen MR) is 130 cm³/mol. The SMILES string of the molecule is COC(=O)CC1CN(C(=O)OC(C)(C)C)CCN1C(=O)OCC1c2ccccc2-c2ccccc21. The van der Waals surface area contributed by atoms with Gasteiger partial charge in [-0.25, -0.2) is 9.59 Å². The summed E-state index contributed by atoms with van der Waals surface area (Å²) in [6.07, 6.45) is -1.02. The van der Waals surface area contributed by atoms with Gasteiger partial charge in [0.15, 0.2) is 0 Å². The third-order valence-electron chi connectivity index (χ3n) is 6.33. The first-order valence-corrected chi connectivity index (χ1v) is 11.8. The van der Waals surface area contributed by atoms with Crippen LogP contribution in [-0.4, -0.2) is 72.9 Å². The average Bonchev–Trinajstić information content (AvgIpc) is 3.15. The van der Waals surface area contributed by atoms with Gasteiger partial charge in [0.05, 0.1) is 19.6 Å². The van der Waals surface area contributed by atoms with Crippen LogP contribution < -0.4 is 0 Å². The number of rotatable bonds is 4. The molecule has 0 N–H and O–H groups in total. The summed E-state index contributed by atoms with van der Waals surface area (Å²) in [5, 5.41) is 0. The first-order valence-electron chi connectivity index (χ1n) is 11.8. The molecule has 8 heteroatoms. The molecule has 1 fully saturated rings. The molecule has 1 saturated heterocycles. The minimum Gasteiger partial charge on any atom is -0.469 e. The van der Waals surface area contributed by atoms with Crippen LogP contribution in [0, 0.1) is 0 Å². The zero-order chi connectivity index (χ0) is 25.2. The summed E-state index contributed by atoms with van der Waals surface area (Å²) in [5.74, 6) is -0.522. The number of ether oxygens (including phenoxy) is 3. The lowest BCUT2D eigenvalue weighted by Crippen LogP contribution is -2.57. The first kappa shape index (κ1) is 24.6. The Morgan fingerprint density at radius 1 is 0.914 bits per heavy atom. The minimum atomic E-state index is -0.640. The molecule has 2 amide bonds. The van der Waals surface area contributed by atoms with Crippen LogP contribution in [0.4, 0.5) is 9.59 Å². The maximum Gasteiger partial charge on any atom is 0.410 e. The van der Waals surface area contributed by atoms with Crippen molar-refractivity contribution in [2.24, 2.45) is 0 Å². The van der Waals surface area contributed by atoms with E-state index < -0.39 is 29.8 Å². The van der Waals surface area contributed by atoms with Gasteiger partial charge in [-0.1, -0.05) is 48.5 Å². The van der Waals surface area contributed by atoms with Gasteiger partial charge in [-0.05, 0) is 43.0 Å². The molecule has 2 aromatic carbocycles. The monoisotopic (exact) mass is 480 g/mol. The summed E-state index contributed by atoms with van der Waals surface area (Å²) < 4.78 is 16.1. The Hall–Kier alpha value is -3.55. The normalized spacial score (nSPS) is 17.4. The molecule has 2 aliphatic rings. The number of benzene rings is 2. The number of fused-ring (bicyclic) bond motifs is 3. The van der Waals surface area contributed by atoms with Gasteiger partial charge in [0, 0.05) is 25.6 Å². The van der Waals surface area contributed by atoms with Crippen molar-refractivity contribution >= 4 is 18.2 Å². The van der Waals surface area contributed by atoms with Crippen LogP contribution in [0.15, 0.2) is 48.5 Å². The number of esters is 1. The Balaban J connectivity index is 1.46. The van der Waals surface area contributed by atoms with Crippen molar-refractivity contribution in [1.82, 2.24) is 9.80 Å². The van der Waals surface area contributed by atoms with Crippen molar-refractivity contribution in [3.63, 3.8) is 0 Å². The Labute approximate surface area is 205 Å². The minimum absolute atomic E-state index is 0.0417. The van der Waals surface area contributed by atoms with Crippen molar-refractivity contribution in [1.29, 1.82) is 0 Å². The van der Waals surface area contributed by atoms with E-state index in [1.54, 1.807) is 20.8 Å². The van der Waals surface area contributed by atoms with Gasteiger partial charge in [-0.3, -0.25) is 4.79 Å². The number of piperazine rings is 1. The Kier molecular flexibility index (Phi) is 7.00. The summed E-state index contributed by atoms with van der Waals surface area (Å²) in [6, 6.07) is 15.7. The second kappa shape index (κ2) is 9.98. The van der Waals surface area contributed by atoms with Crippen LogP contribution in [0.1, 0.15) is 44.2 Å². The van der Waals surface area contributed by atoms with Crippen molar-refractivity contribution < 1.29 is 28.6 Å². The predicted octanol–water partition coefficient (Wildman–Crippen LogP) is 4.42. The van der Waals surface area contributed by atoms with Crippen LogP contribution in [0.2, 0.25) is 0 Å². The maximum atomic E-state index is 13.2. The molecule has 1 aliphatic carbocycles. The van der Waals surface area contributed by atoms with E-state index in [2.05, 4.69) is 24.3 Å². The van der Waals surface area contributed by atoms with Crippen molar-refractivity contribution in [2.45, 2.75) is 44.8 Å². The summed E-state index contributed by atoms with van der Waals surface area (Å²) >= 11 is 0. The van der Waals surface area contributed by atoms with E-state index >= 15 is 0 Å². The number of carbonyl (C=O) groups excluding carboxylic acids is 3. The molecule has 0 aromatic heterocycles. The van der Waals surface area contributed by atoms with E-state index in [-0.39, 0.29) is 38.6 Å². The van der Waals surface area contributed by atoms with Crippen molar-refractivity contribution in [3.8, 4) is 11.1 Å². The largest absolute Gasteiger partial charge is 0.469 e. The number of hydrogen-bond donors (Lipinski definition) is 0. The number of methoxy groups -OCH3 is 1. The topological polar surface area (TPSA) is 85.4 Å². The molecule has 0 bridgehead atoms. The molecule has 4 rings (SSSR count). The highest BCUT2D eigenvalue weighted by Crippen LogP contribution is 2.44. The highest BCUT2D eigenvalue weighted by Gasteiger charge is 2.37. The molecular weight excluding hydrogens is 448 g/mol. The quantitative estimate of drug-likeness (QED) is 0.476. The van der Waals surface area contributed by atoms with E-state index in [9.17, 15) is 14.4 Å². The highest BCUT2D eigenvalue weighted by molar-refractivity contribution is 5.79. The molecule has 1 atom stereocenters. The fraction of sp³-hybridized carbons (Fsp3) is 0.444. The smallest absolute Gasteiger partial charge is 0.410 e. The average molecular weight is 481 g/mol. The molecule has 0 spiro atoms. The van der Waals surface area contributed by atoms with Crippen LogP contribution in [-0.2, 0) is 19.0 Å². The Bertz CT molecular complexity index is 1060.